The smallest absolute Gasteiger partial charge is 0.129 e. The first-order chi connectivity index (χ1) is 13.9. The van der Waals surface area contributed by atoms with Gasteiger partial charge in [0.25, 0.3) is 0 Å². The van der Waals surface area contributed by atoms with Crippen LogP contribution >= 0.6 is 11.8 Å². The predicted molar refractivity (Wildman–Crippen MR) is 120 cm³/mol. The zero-order valence-electron chi connectivity index (χ0n) is 16.3. The zero-order chi connectivity index (χ0) is 19.2. The molecule has 1 heterocycles. The van der Waals surface area contributed by atoms with Crippen LogP contribution in [0.15, 0.2) is 70.6 Å². The molecule has 1 aliphatic heterocycles. The molecule has 0 bridgehead atoms. The van der Waals surface area contributed by atoms with Crippen molar-refractivity contribution in [2.24, 2.45) is 4.99 Å². The number of aliphatic imine (C=N–C) groups is 1. The van der Waals surface area contributed by atoms with Crippen molar-refractivity contribution in [2.75, 3.05) is 19.7 Å². The lowest BCUT2D eigenvalue weighted by Crippen LogP contribution is -2.30. The average molecular weight is 391 g/mol. The van der Waals surface area contributed by atoms with Crippen LogP contribution in [0.5, 0.6) is 5.75 Å². The number of amidine groups is 1. The number of hydrogen-bond donors (Lipinski definition) is 1. The molecule has 0 spiro atoms. The highest BCUT2D eigenvalue weighted by Crippen LogP contribution is 2.35. The van der Waals surface area contributed by atoms with Gasteiger partial charge in [-0.25, -0.2) is 0 Å². The van der Waals surface area contributed by atoms with Gasteiger partial charge in [0.1, 0.15) is 11.6 Å². The maximum atomic E-state index is 6.08. The summed E-state index contributed by atoms with van der Waals surface area (Å²) in [5.41, 5.74) is 2.47. The minimum absolute atomic E-state index is 0.743. The van der Waals surface area contributed by atoms with Gasteiger partial charge in [-0.15, -0.1) is 11.8 Å². The normalized spacial score (nSPS) is 13.8. The van der Waals surface area contributed by atoms with E-state index in [-0.39, 0.29) is 0 Å². The van der Waals surface area contributed by atoms with Gasteiger partial charge in [-0.1, -0.05) is 55.5 Å². The summed E-state index contributed by atoms with van der Waals surface area (Å²) in [6.45, 7) is 4.78. The van der Waals surface area contributed by atoms with E-state index in [1.165, 1.54) is 26.8 Å². The van der Waals surface area contributed by atoms with Crippen molar-refractivity contribution in [2.45, 2.75) is 30.4 Å². The van der Waals surface area contributed by atoms with E-state index >= 15 is 0 Å². The molecule has 0 aliphatic carbocycles. The largest absolute Gasteiger partial charge is 0.493 e. The minimum atomic E-state index is 0.743. The van der Waals surface area contributed by atoms with E-state index in [0.717, 1.165) is 49.9 Å². The summed E-state index contributed by atoms with van der Waals surface area (Å²) in [6.07, 6.45) is 2.11. The highest BCUT2D eigenvalue weighted by atomic mass is 32.2. The van der Waals surface area contributed by atoms with Crippen LogP contribution in [-0.2, 0) is 5.75 Å². The standard InChI is InChI=1S/C24H26N2OS/c1-2-16-27-22-13-12-18-8-3-4-9-19(18)21(22)17-28-23-11-6-5-10-20(23)24-25-14-7-15-26-24/h3-6,8-13H,2,7,14-17H2,1H3,(H,25,26). The van der Waals surface area contributed by atoms with Crippen molar-refractivity contribution < 1.29 is 4.74 Å². The molecular formula is C24H26N2OS. The first-order valence-electron chi connectivity index (χ1n) is 10.0. The fraction of sp³-hybridized carbons (Fsp3) is 0.292. The van der Waals surface area contributed by atoms with Gasteiger partial charge in [0.05, 0.1) is 6.61 Å². The average Bonchev–Trinajstić information content (AvgIpc) is 2.77. The van der Waals surface area contributed by atoms with Gasteiger partial charge in [-0.3, -0.25) is 4.99 Å². The van der Waals surface area contributed by atoms with Gasteiger partial charge in [-0.2, -0.15) is 0 Å². The Balaban J connectivity index is 1.65. The third kappa shape index (κ3) is 4.17. The molecule has 0 radical (unpaired) electrons. The minimum Gasteiger partial charge on any atom is -0.493 e. The number of benzene rings is 3. The first kappa shape index (κ1) is 18.9. The Morgan fingerprint density at radius 1 is 1.04 bits per heavy atom. The Kier molecular flexibility index (Phi) is 6.17. The third-order valence-electron chi connectivity index (χ3n) is 4.87. The summed E-state index contributed by atoms with van der Waals surface area (Å²) in [5, 5.41) is 5.99. The molecule has 4 rings (SSSR count). The first-order valence-corrected chi connectivity index (χ1v) is 11.0. The number of nitrogens with one attached hydrogen (secondary N) is 1. The fourth-order valence-corrected chi connectivity index (χ4v) is 4.56. The second kappa shape index (κ2) is 9.16. The number of hydrogen-bond acceptors (Lipinski definition) is 4. The van der Waals surface area contributed by atoms with Crippen molar-refractivity contribution in [1.82, 2.24) is 5.32 Å². The molecule has 0 amide bonds. The maximum absolute atomic E-state index is 6.08. The van der Waals surface area contributed by atoms with Gasteiger partial charge in [0.15, 0.2) is 0 Å². The molecule has 0 aromatic heterocycles. The molecule has 144 valence electrons. The van der Waals surface area contributed by atoms with Crippen LogP contribution < -0.4 is 10.1 Å². The highest BCUT2D eigenvalue weighted by Gasteiger charge is 2.14. The Morgan fingerprint density at radius 2 is 1.89 bits per heavy atom. The van der Waals surface area contributed by atoms with Crippen LogP contribution in [0.25, 0.3) is 10.8 Å². The van der Waals surface area contributed by atoms with Gasteiger partial charge in [-0.05, 0) is 35.7 Å². The molecule has 0 fully saturated rings. The van der Waals surface area contributed by atoms with Crippen LogP contribution in [-0.4, -0.2) is 25.5 Å². The van der Waals surface area contributed by atoms with Crippen LogP contribution in [0, 0.1) is 0 Å². The summed E-state index contributed by atoms with van der Waals surface area (Å²) < 4.78 is 6.08. The van der Waals surface area contributed by atoms with Crippen LogP contribution in [0.3, 0.4) is 0 Å². The molecule has 4 heteroatoms. The molecule has 28 heavy (non-hydrogen) atoms. The van der Waals surface area contributed by atoms with E-state index in [1.54, 1.807) is 0 Å². The Bertz CT molecular complexity index is 983. The number of nitrogens with zero attached hydrogens (tertiary/aromatic N) is 1. The molecule has 0 atom stereocenters. The third-order valence-corrected chi connectivity index (χ3v) is 5.97. The highest BCUT2D eigenvalue weighted by molar-refractivity contribution is 7.98. The van der Waals surface area contributed by atoms with Gasteiger partial charge >= 0.3 is 0 Å². The van der Waals surface area contributed by atoms with Crippen LogP contribution in [0.1, 0.15) is 30.9 Å². The lowest BCUT2D eigenvalue weighted by atomic mass is 10.0. The summed E-state index contributed by atoms with van der Waals surface area (Å²) in [5.74, 6) is 2.89. The zero-order valence-corrected chi connectivity index (χ0v) is 17.1. The molecule has 3 nitrogen and oxygen atoms in total. The van der Waals surface area contributed by atoms with Crippen molar-refractivity contribution in [1.29, 1.82) is 0 Å². The molecule has 0 saturated carbocycles. The summed E-state index contributed by atoms with van der Waals surface area (Å²) in [7, 11) is 0. The van der Waals surface area contributed by atoms with Crippen molar-refractivity contribution in [3.05, 3.63) is 71.8 Å². The van der Waals surface area contributed by atoms with E-state index < -0.39 is 0 Å². The topological polar surface area (TPSA) is 33.6 Å². The summed E-state index contributed by atoms with van der Waals surface area (Å²) in [6, 6.07) is 21.4. The fourth-order valence-electron chi connectivity index (χ4n) is 3.46. The van der Waals surface area contributed by atoms with E-state index in [4.69, 9.17) is 9.73 Å². The molecule has 0 saturated heterocycles. The second-order valence-corrected chi connectivity index (χ2v) is 7.92. The van der Waals surface area contributed by atoms with Gasteiger partial charge < -0.3 is 10.1 Å². The quantitative estimate of drug-likeness (QED) is 0.529. The summed E-state index contributed by atoms with van der Waals surface area (Å²) >= 11 is 1.86. The Morgan fingerprint density at radius 3 is 2.75 bits per heavy atom. The maximum Gasteiger partial charge on any atom is 0.129 e. The number of rotatable bonds is 7. The van der Waals surface area contributed by atoms with Crippen LogP contribution in [0.4, 0.5) is 0 Å². The van der Waals surface area contributed by atoms with Crippen molar-refractivity contribution in [3.63, 3.8) is 0 Å². The predicted octanol–water partition coefficient (Wildman–Crippen LogP) is 5.66. The molecule has 3 aromatic carbocycles. The monoisotopic (exact) mass is 390 g/mol. The Hall–Kier alpha value is -2.46. The second-order valence-electron chi connectivity index (χ2n) is 6.91. The lowest BCUT2D eigenvalue weighted by molar-refractivity contribution is 0.315. The number of fused-ring (bicyclic) bond motifs is 1. The molecule has 3 aromatic rings. The number of ether oxygens (including phenoxy) is 1. The van der Waals surface area contributed by atoms with E-state index in [2.05, 4.69) is 72.9 Å². The van der Waals surface area contributed by atoms with Crippen molar-refractivity contribution in [3.8, 4) is 5.75 Å². The van der Waals surface area contributed by atoms with E-state index in [0.29, 0.717) is 0 Å². The van der Waals surface area contributed by atoms with Crippen LogP contribution in [0.2, 0.25) is 0 Å². The molecule has 1 aliphatic rings. The lowest BCUT2D eigenvalue weighted by Gasteiger charge is -2.18. The molecule has 1 N–H and O–H groups in total. The summed E-state index contributed by atoms with van der Waals surface area (Å²) in [4.78, 5) is 5.95. The van der Waals surface area contributed by atoms with E-state index in [1.807, 2.05) is 11.8 Å². The van der Waals surface area contributed by atoms with E-state index in [9.17, 15) is 0 Å². The van der Waals surface area contributed by atoms with Gasteiger partial charge in [0, 0.05) is 34.9 Å². The van der Waals surface area contributed by atoms with Crippen molar-refractivity contribution >= 4 is 28.4 Å². The van der Waals surface area contributed by atoms with Gasteiger partial charge in [0.2, 0.25) is 0 Å². The number of thioether (sulfide) groups is 1. The molecular weight excluding hydrogens is 364 g/mol. The molecule has 0 unspecified atom stereocenters. The SMILES string of the molecule is CCCOc1ccc2ccccc2c1CSc1ccccc1C1=NCCCN1. The Labute approximate surface area is 171 Å².